The minimum atomic E-state index is -0.390. The number of hydrogen-bond acceptors (Lipinski definition) is 6. The van der Waals surface area contributed by atoms with E-state index >= 15 is 0 Å². The number of carbonyl (C=O) groups is 1. The maximum Gasteiger partial charge on any atom is 0.237 e. The fraction of sp³-hybridized carbons (Fsp3) is 0.263. The molecule has 3 aromatic rings. The Bertz CT molecular complexity index is 947. The summed E-state index contributed by atoms with van der Waals surface area (Å²) < 4.78 is 1.38. The zero-order valence-electron chi connectivity index (χ0n) is 15.7. The van der Waals surface area contributed by atoms with Crippen molar-refractivity contribution in [2.45, 2.75) is 38.1 Å². The van der Waals surface area contributed by atoms with Crippen molar-refractivity contribution in [1.29, 1.82) is 0 Å². The lowest BCUT2D eigenvalue weighted by Gasteiger charge is -2.16. The highest BCUT2D eigenvalue weighted by atomic mass is 32.2. The van der Waals surface area contributed by atoms with Crippen LogP contribution in [-0.4, -0.2) is 31.0 Å². The van der Waals surface area contributed by atoms with E-state index in [-0.39, 0.29) is 5.91 Å². The van der Waals surface area contributed by atoms with Gasteiger partial charge in [-0.3, -0.25) is 9.78 Å². The summed E-state index contributed by atoms with van der Waals surface area (Å²) in [6.45, 7) is 7.84. The number of amides is 1. The third-order valence-electron chi connectivity index (χ3n) is 4.16. The zero-order chi connectivity index (χ0) is 19.6. The minimum absolute atomic E-state index is 0.110. The van der Waals surface area contributed by atoms with Crippen LogP contribution in [0.3, 0.4) is 0 Å². The van der Waals surface area contributed by atoms with Crippen LogP contribution in [0, 0.1) is 20.8 Å². The van der Waals surface area contributed by atoms with Gasteiger partial charge in [0.1, 0.15) is 0 Å². The van der Waals surface area contributed by atoms with E-state index in [4.69, 9.17) is 5.84 Å². The number of pyridine rings is 1. The molecule has 1 aromatic carbocycles. The fourth-order valence-electron chi connectivity index (χ4n) is 2.86. The molecule has 0 radical (unpaired) electrons. The monoisotopic (exact) mass is 382 g/mol. The van der Waals surface area contributed by atoms with Gasteiger partial charge in [-0.25, -0.2) is 4.68 Å². The SMILES string of the molecule is Cc1cc(C)c(NC(=O)[C@H](C)Sc2nnc(-c3cccnc3)n2N)c(C)c1. The molecule has 0 unspecified atom stereocenters. The van der Waals surface area contributed by atoms with Gasteiger partial charge >= 0.3 is 0 Å². The molecule has 0 bridgehead atoms. The van der Waals surface area contributed by atoms with Crippen molar-refractivity contribution >= 4 is 23.4 Å². The zero-order valence-corrected chi connectivity index (χ0v) is 16.5. The van der Waals surface area contributed by atoms with Crippen LogP contribution >= 0.6 is 11.8 Å². The molecule has 8 heteroatoms. The summed E-state index contributed by atoms with van der Waals surface area (Å²) in [6.07, 6.45) is 3.35. The molecule has 0 saturated carbocycles. The smallest absolute Gasteiger partial charge is 0.237 e. The average Bonchev–Trinajstić information content (AvgIpc) is 2.99. The van der Waals surface area contributed by atoms with Crippen molar-refractivity contribution in [3.8, 4) is 11.4 Å². The molecule has 27 heavy (non-hydrogen) atoms. The molecule has 0 aliphatic heterocycles. The average molecular weight is 382 g/mol. The first-order valence-corrected chi connectivity index (χ1v) is 9.41. The molecule has 7 nitrogen and oxygen atoms in total. The van der Waals surface area contributed by atoms with Crippen LogP contribution in [-0.2, 0) is 4.79 Å². The van der Waals surface area contributed by atoms with Gasteiger partial charge in [-0.05, 0) is 51.0 Å². The van der Waals surface area contributed by atoms with Gasteiger partial charge in [0.2, 0.25) is 11.1 Å². The molecule has 3 rings (SSSR count). The summed E-state index contributed by atoms with van der Waals surface area (Å²) in [7, 11) is 0. The van der Waals surface area contributed by atoms with E-state index in [9.17, 15) is 4.79 Å². The summed E-state index contributed by atoms with van der Waals surface area (Å²) in [4.78, 5) is 16.7. The van der Waals surface area contributed by atoms with Crippen molar-refractivity contribution < 1.29 is 4.79 Å². The first-order chi connectivity index (χ1) is 12.9. The molecule has 3 N–H and O–H groups in total. The molecule has 0 spiro atoms. The molecule has 2 heterocycles. The Hall–Kier alpha value is -2.87. The maximum atomic E-state index is 12.7. The third-order valence-corrected chi connectivity index (χ3v) is 5.22. The third kappa shape index (κ3) is 4.11. The Balaban J connectivity index is 1.73. The van der Waals surface area contributed by atoms with E-state index in [0.29, 0.717) is 11.0 Å². The highest BCUT2D eigenvalue weighted by molar-refractivity contribution is 8.00. The van der Waals surface area contributed by atoms with E-state index in [1.165, 1.54) is 22.0 Å². The molecule has 1 amide bonds. The highest BCUT2D eigenvalue weighted by Gasteiger charge is 2.21. The van der Waals surface area contributed by atoms with Crippen molar-refractivity contribution in [1.82, 2.24) is 19.9 Å². The van der Waals surface area contributed by atoms with E-state index in [0.717, 1.165) is 22.4 Å². The Morgan fingerprint density at radius 3 is 2.56 bits per heavy atom. The van der Waals surface area contributed by atoms with E-state index < -0.39 is 5.25 Å². The van der Waals surface area contributed by atoms with E-state index in [1.54, 1.807) is 18.5 Å². The number of nitrogens with one attached hydrogen (secondary N) is 1. The number of anilines is 1. The Kier molecular flexibility index (Phi) is 5.46. The van der Waals surface area contributed by atoms with Gasteiger partial charge in [0.05, 0.1) is 5.25 Å². The number of hydrogen-bond donors (Lipinski definition) is 2. The van der Waals surface area contributed by atoms with Crippen LogP contribution in [0.1, 0.15) is 23.6 Å². The summed E-state index contributed by atoms with van der Waals surface area (Å²) in [5.74, 6) is 6.51. The van der Waals surface area contributed by atoms with Crippen LogP contribution in [0.4, 0.5) is 5.69 Å². The largest absolute Gasteiger partial charge is 0.335 e. The molecular weight excluding hydrogens is 360 g/mol. The van der Waals surface area contributed by atoms with Gasteiger partial charge < -0.3 is 11.2 Å². The molecule has 1 atom stereocenters. The second-order valence-electron chi connectivity index (χ2n) is 6.44. The quantitative estimate of drug-likeness (QED) is 0.520. The van der Waals surface area contributed by atoms with Crippen LogP contribution in [0.2, 0.25) is 0 Å². The molecule has 0 saturated heterocycles. The van der Waals surface area contributed by atoms with Gasteiger partial charge in [0.15, 0.2) is 5.82 Å². The van der Waals surface area contributed by atoms with Gasteiger partial charge in [-0.2, -0.15) is 0 Å². The lowest BCUT2D eigenvalue weighted by Crippen LogP contribution is -2.24. The van der Waals surface area contributed by atoms with Crippen molar-refractivity contribution in [3.05, 3.63) is 53.3 Å². The standard InChI is InChI=1S/C19H22N6OS/c1-11-8-12(2)16(13(3)9-11)22-18(26)14(4)27-19-24-23-17(25(19)20)15-6-5-7-21-10-15/h5-10,14H,20H2,1-4H3,(H,22,26)/t14-/m0/s1. The number of aryl methyl sites for hydroxylation is 3. The number of aromatic nitrogens is 4. The molecule has 0 aliphatic carbocycles. The Morgan fingerprint density at radius 1 is 1.22 bits per heavy atom. The summed E-state index contributed by atoms with van der Waals surface area (Å²) >= 11 is 1.26. The van der Waals surface area contributed by atoms with Crippen molar-refractivity contribution in [3.63, 3.8) is 0 Å². The summed E-state index contributed by atoms with van der Waals surface area (Å²) in [5, 5.41) is 11.3. The fourth-order valence-corrected chi connectivity index (χ4v) is 3.63. The van der Waals surface area contributed by atoms with E-state index in [1.807, 2.05) is 33.8 Å². The lowest BCUT2D eigenvalue weighted by atomic mass is 10.1. The van der Waals surface area contributed by atoms with Crippen molar-refractivity contribution in [2.75, 3.05) is 11.2 Å². The number of nitrogens with two attached hydrogens (primary N) is 1. The number of carbonyl (C=O) groups excluding carboxylic acids is 1. The van der Waals surface area contributed by atoms with Gasteiger partial charge in [-0.1, -0.05) is 29.5 Å². The van der Waals surface area contributed by atoms with Crippen LogP contribution < -0.4 is 11.2 Å². The molecule has 0 aliphatic rings. The minimum Gasteiger partial charge on any atom is -0.335 e. The lowest BCUT2D eigenvalue weighted by molar-refractivity contribution is -0.115. The summed E-state index contributed by atoms with van der Waals surface area (Å²) in [5.41, 5.74) is 4.87. The number of nitrogens with zero attached hydrogens (tertiary/aromatic N) is 4. The number of rotatable bonds is 5. The molecule has 140 valence electrons. The second kappa shape index (κ2) is 7.79. The molecular formula is C19H22N6OS. The Labute approximate surface area is 162 Å². The number of thioether (sulfide) groups is 1. The number of nitrogen functional groups attached to an aromatic ring is 1. The van der Waals surface area contributed by atoms with Gasteiger partial charge in [0.25, 0.3) is 0 Å². The van der Waals surface area contributed by atoms with Crippen LogP contribution in [0.25, 0.3) is 11.4 Å². The van der Waals surface area contributed by atoms with Gasteiger partial charge in [-0.15, -0.1) is 10.2 Å². The topological polar surface area (TPSA) is 98.7 Å². The number of benzene rings is 1. The first kappa shape index (κ1) is 18.9. The van der Waals surface area contributed by atoms with Crippen LogP contribution in [0.15, 0.2) is 41.8 Å². The molecule has 2 aromatic heterocycles. The second-order valence-corrected chi connectivity index (χ2v) is 7.75. The van der Waals surface area contributed by atoms with Crippen LogP contribution in [0.5, 0.6) is 0 Å². The predicted octanol–water partition coefficient (Wildman–Crippen LogP) is 3.10. The molecule has 0 fully saturated rings. The highest BCUT2D eigenvalue weighted by Crippen LogP contribution is 2.27. The predicted molar refractivity (Wildman–Crippen MR) is 108 cm³/mol. The normalized spacial score (nSPS) is 12.0. The maximum absolute atomic E-state index is 12.7. The first-order valence-electron chi connectivity index (χ1n) is 8.53. The van der Waals surface area contributed by atoms with Crippen molar-refractivity contribution in [2.24, 2.45) is 0 Å². The van der Waals surface area contributed by atoms with E-state index in [2.05, 4.69) is 32.6 Å². The Morgan fingerprint density at radius 2 is 1.93 bits per heavy atom. The summed E-state index contributed by atoms with van der Waals surface area (Å²) in [6, 6.07) is 7.77. The van der Waals surface area contributed by atoms with Gasteiger partial charge in [0, 0.05) is 23.6 Å².